The van der Waals surface area contributed by atoms with Gasteiger partial charge in [0.05, 0.1) is 5.69 Å². The number of halogens is 1. The average Bonchev–Trinajstić information content (AvgIpc) is 3.21. The highest BCUT2D eigenvalue weighted by molar-refractivity contribution is 14.0. The Balaban J connectivity index is 0.00000225. The van der Waals surface area contributed by atoms with E-state index in [2.05, 4.69) is 37.8 Å². The van der Waals surface area contributed by atoms with Crippen LogP contribution in [0.2, 0.25) is 0 Å². The molecule has 2 N–H and O–H groups in total. The molecule has 0 aromatic carbocycles. The second-order valence-corrected chi connectivity index (χ2v) is 6.42. The third-order valence-electron chi connectivity index (χ3n) is 4.42. The summed E-state index contributed by atoms with van der Waals surface area (Å²) in [6, 6.07) is 6.69. The van der Waals surface area contributed by atoms with Crippen LogP contribution in [0.4, 0.5) is 0 Å². The molecule has 0 atom stereocenters. The molecule has 25 heavy (non-hydrogen) atoms. The number of nitrogens with zero attached hydrogens (tertiary/aromatic N) is 4. The highest BCUT2D eigenvalue weighted by atomic mass is 127. The van der Waals surface area contributed by atoms with Crippen molar-refractivity contribution in [3.8, 4) is 5.82 Å². The zero-order valence-corrected chi connectivity index (χ0v) is 17.4. The standard InChI is InChI=1S/C18H26N6.HI/c1-13-10-14(2)24(23-13)17-9-8-15(11-20-17)12-21-18(19-3)22-16-6-4-5-7-16;/h8-11,16H,4-7,12H2,1-3H3,(H2,19,21,22);1H. The quantitative estimate of drug-likeness (QED) is 0.424. The van der Waals surface area contributed by atoms with E-state index < -0.39 is 0 Å². The van der Waals surface area contributed by atoms with E-state index >= 15 is 0 Å². The van der Waals surface area contributed by atoms with Crippen LogP contribution in [0.25, 0.3) is 5.82 Å². The van der Waals surface area contributed by atoms with Gasteiger partial charge in [-0.2, -0.15) is 5.10 Å². The SMILES string of the molecule is CN=C(NCc1ccc(-n2nc(C)cc2C)nc1)NC1CCCC1.I. The number of aliphatic imine (C=N–C) groups is 1. The van der Waals surface area contributed by atoms with Gasteiger partial charge in [-0.15, -0.1) is 24.0 Å². The number of hydrogen-bond acceptors (Lipinski definition) is 3. The number of nitrogens with one attached hydrogen (secondary N) is 2. The number of aryl methyl sites for hydroxylation is 2. The first-order chi connectivity index (χ1) is 11.7. The maximum Gasteiger partial charge on any atom is 0.191 e. The Hall–Kier alpha value is -1.64. The minimum absolute atomic E-state index is 0. The van der Waals surface area contributed by atoms with Gasteiger partial charge >= 0.3 is 0 Å². The molecule has 0 amide bonds. The molecule has 2 aromatic rings. The van der Waals surface area contributed by atoms with Crippen LogP contribution < -0.4 is 10.6 Å². The summed E-state index contributed by atoms with van der Waals surface area (Å²) in [4.78, 5) is 8.84. The zero-order chi connectivity index (χ0) is 16.9. The summed E-state index contributed by atoms with van der Waals surface area (Å²) in [5, 5.41) is 11.3. The molecule has 0 saturated heterocycles. The van der Waals surface area contributed by atoms with E-state index in [0.29, 0.717) is 12.6 Å². The van der Waals surface area contributed by atoms with E-state index in [0.717, 1.165) is 28.7 Å². The van der Waals surface area contributed by atoms with E-state index in [1.807, 2.05) is 37.8 Å². The van der Waals surface area contributed by atoms with Crippen molar-refractivity contribution in [3.05, 3.63) is 41.3 Å². The van der Waals surface area contributed by atoms with Crippen LogP contribution in [0.1, 0.15) is 42.6 Å². The van der Waals surface area contributed by atoms with Crippen molar-refractivity contribution in [3.63, 3.8) is 0 Å². The van der Waals surface area contributed by atoms with Gasteiger partial charge in [-0.3, -0.25) is 4.99 Å². The van der Waals surface area contributed by atoms with Crippen molar-refractivity contribution in [1.29, 1.82) is 0 Å². The predicted octanol–water partition coefficient (Wildman–Crippen LogP) is 3.11. The molecular weight excluding hydrogens is 427 g/mol. The Bertz CT molecular complexity index is 701. The molecular formula is C18H27IN6. The lowest BCUT2D eigenvalue weighted by atomic mass is 10.2. The van der Waals surface area contributed by atoms with Gasteiger partial charge in [0.2, 0.25) is 0 Å². The van der Waals surface area contributed by atoms with Crippen LogP contribution in [0.15, 0.2) is 29.4 Å². The van der Waals surface area contributed by atoms with Gasteiger partial charge in [-0.25, -0.2) is 9.67 Å². The molecule has 2 aromatic heterocycles. The molecule has 0 aliphatic heterocycles. The monoisotopic (exact) mass is 454 g/mol. The van der Waals surface area contributed by atoms with Gasteiger partial charge in [0.15, 0.2) is 11.8 Å². The molecule has 1 fully saturated rings. The van der Waals surface area contributed by atoms with E-state index in [4.69, 9.17) is 0 Å². The molecule has 2 heterocycles. The van der Waals surface area contributed by atoms with E-state index in [9.17, 15) is 0 Å². The van der Waals surface area contributed by atoms with Crippen LogP contribution in [0, 0.1) is 13.8 Å². The van der Waals surface area contributed by atoms with Crippen molar-refractivity contribution in [1.82, 2.24) is 25.4 Å². The van der Waals surface area contributed by atoms with Crippen molar-refractivity contribution >= 4 is 29.9 Å². The second kappa shape index (κ2) is 9.17. The molecule has 1 aliphatic carbocycles. The molecule has 6 nitrogen and oxygen atoms in total. The van der Waals surface area contributed by atoms with Gasteiger partial charge in [-0.1, -0.05) is 18.9 Å². The zero-order valence-electron chi connectivity index (χ0n) is 15.1. The summed E-state index contributed by atoms with van der Waals surface area (Å²) < 4.78 is 1.87. The van der Waals surface area contributed by atoms with Gasteiger partial charge in [-0.05, 0) is 44.4 Å². The third kappa shape index (κ3) is 5.17. The summed E-state index contributed by atoms with van der Waals surface area (Å²) in [6.45, 7) is 4.73. The summed E-state index contributed by atoms with van der Waals surface area (Å²) >= 11 is 0. The molecule has 3 rings (SSSR count). The lowest BCUT2D eigenvalue weighted by molar-refractivity contribution is 0.613. The van der Waals surface area contributed by atoms with Crippen molar-refractivity contribution in [2.45, 2.75) is 52.1 Å². The van der Waals surface area contributed by atoms with Crippen molar-refractivity contribution in [2.24, 2.45) is 4.99 Å². The molecule has 0 radical (unpaired) electrons. The first-order valence-corrected chi connectivity index (χ1v) is 8.61. The largest absolute Gasteiger partial charge is 0.354 e. The average molecular weight is 454 g/mol. The second-order valence-electron chi connectivity index (χ2n) is 6.42. The van der Waals surface area contributed by atoms with Crippen LogP contribution in [0.3, 0.4) is 0 Å². The van der Waals surface area contributed by atoms with Gasteiger partial charge < -0.3 is 10.6 Å². The summed E-state index contributed by atoms with van der Waals surface area (Å²) in [6.07, 6.45) is 6.99. The minimum atomic E-state index is 0. The Morgan fingerprint density at radius 1 is 1.28 bits per heavy atom. The highest BCUT2D eigenvalue weighted by Crippen LogP contribution is 2.17. The number of rotatable bonds is 4. The minimum Gasteiger partial charge on any atom is -0.354 e. The maximum atomic E-state index is 4.53. The lowest BCUT2D eigenvalue weighted by Gasteiger charge is -2.16. The summed E-state index contributed by atoms with van der Waals surface area (Å²) in [5.74, 6) is 1.71. The number of guanidine groups is 1. The summed E-state index contributed by atoms with van der Waals surface area (Å²) in [7, 11) is 1.81. The Morgan fingerprint density at radius 2 is 2.04 bits per heavy atom. The van der Waals surface area contributed by atoms with E-state index in [1.54, 1.807) is 0 Å². The molecule has 0 unspecified atom stereocenters. The summed E-state index contributed by atoms with van der Waals surface area (Å²) in [5.41, 5.74) is 3.21. The number of aromatic nitrogens is 3. The smallest absolute Gasteiger partial charge is 0.191 e. The lowest BCUT2D eigenvalue weighted by Crippen LogP contribution is -2.41. The number of hydrogen-bond donors (Lipinski definition) is 2. The van der Waals surface area contributed by atoms with E-state index in [-0.39, 0.29) is 24.0 Å². The molecule has 7 heteroatoms. The van der Waals surface area contributed by atoms with Crippen LogP contribution >= 0.6 is 24.0 Å². The van der Waals surface area contributed by atoms with Crippen LogP contribution in [0.5, 0.6) is 0 Å². The Kier molecular flexibility index (Phi) is 7.22. The van der Waals surface area contributed by atoms with Gasteiger partial charge in [0, 0.05) is 31.5 Å². The first-order valence-electron chi connectivity index (χ1n) is 8.61. The van der Waals surface area contributed by atoms with E-state index in [1.165, 1.54) is 25.7 Å². The molecule has 1 saturated carbocycles. The van der Waals surface area contributed by atoms with Crippen LogP contribution in [-0.2, 0) is 6.54 Å². The van der Waals surface area contributed by atoms with Crippen molar-refractivity contribution in [2.75, 3.05) is 7.05 Å². The highest BCUT2D eigenvalue weighted by Gasteiger charge is 2.15. The molecule has 1 aliphatic rings. The molecule has 0 spiro atoms. The number of pyridine rings is 1. The fraction of sp³-hybridized carbons (Fsp3) is 0.500. The van der Waals surface area contributed by atoms with Crippen LogP contribution in [-0.4, -0.2) is 33.8 Å². The predicted molar refractivity (Wildman–Crippen MR) is 112 cm³/mol. The third-order valence-corrected chi connectivity index (χ3v) is 4.42. The topological polar surface area (TPSA) is 67.1 Å². The Labute approximate surface area is 166 Å². The normalized spacial score (nSPS) is 15.1. The fourth-order valence-corrected chi connectivity index (χ4v) is 3.15. The fourth-order valence-electron chi connectivity index (χ4n) is 3.15. The molecule has 0 bridgehead atoms. The van der Waals surface area contributed by atoms with Gasteiger partial charge in [0.25, 0.3) is 0 Å². The Morgan fingerprint density at radius 3 is 2.60 bits per heavy atom. The molecule has 136 valence electrons. The first kappa shape index (κ1) is 19.7. The maximum absolute atomic E-state index is 4.53. The van der Waals surface area contributed by atoms with Crippen molar-refractivity contribution < 1.29 is 0 Å². The van der Waals surface area contributed by atoms with Gasteiger partial charge in [0.1, 0.15) is 0 Å².